The molecule has 2 rings (SSSR count). The van der Waals surface area contributed by atoms with Crippen molar-refractivity contribution in [2.45, 2.75) is 6.92 Å². The second kappa shape index (κ2) is 4.68. The normalized spacial score (nSPS) is 11.2. The van der Waals surface area contributed by atoms with E-state index in [0.717, 1.165) is 5.76 Å². The molecule has 4 heteroatoms. The van der Waals surface area contributed by atoms with Gasteiger partial charge in [-0.15, -0.1) is 0 Å². The van der Waals surface area contributed by atoms with Crippen molar-refractivity contribution in [2.75, 3.05) is 0 Å². The molecule has 2 aromatic rings. The van der Waals surface area contributed by atoms with Gasteiger partial charge in [0.1, 0.15) is 17.6 Å². The van der Waals surface area contributed by atoms with E-state index in [1.54, 1.807) is 31.2 Å². The Morgan fingerprint density at radius 2 is 2.00 bits per heavy atom. The molecule has 2 N–H and O–H groups in total. The fraction of sp³-hybridized carbons (Fsp3) is 0.0714. The Balaban J connectivity index is 2.41. The maximum atomic E-state index is 9.37. The lowest BCUT2D eigenvalue weighted by Crippen LogP contribution is -1.79. The van der Waals surface area contributed by atoms with E-state index < -0.39 is 0 Å². The zero-order chi connectivity index (χ0) is 13.1. The van der Waals surface area contributed by atoms with E-state index in [1.165, 1.54) is 12.1 Å². The van der Waals surface area contributed by atoms with Crippen LogP contribution >= 0.6 is 0 Å². The minimum absolute atomic E-state index is 0.195. The first-order valence-electron chi connectivity index (χ1n) is 5.31. The molecule has 0 fully saturated rings. The number of aryl methyl sites for hydroxylation is 1. The average Bonchev–Trinajstić information content (AvgIpc) is 2.77. The first-order chi connectivity index (χ1) is 8.60. The number of nitrogens with zero attached hydrogens (tertiary/aromatic N) is 1. The molecule has 0 atom stereocenters. The average molecular weight is 241 g/mol. The van der Waals surface area contributed by atoms with Gasteiger partial charge in [-0.05, 0) is 42.8 Å². The van der Waals surface area contributed by atoms with Crippen LogP contribution in [0.5, 0.6) is 11.5 Å². The number of nitriles is 1. The number of phenols is 2. The molecule has 90 valence electrons. The third kappa shape index (κ3) is 2.36. The summed E-state index contributed by atoms with van der Waals surface area (Å²) in [5.74, 6) is 0.776. The Morgan fingerprint density at radius 3 is 2.56 bits per heavy atom. The summed E-state index contributed by atoms with van der Waals surface area (Å²) in [6.07, 6.45) is 1.58. The van der Waals surface area contributed by atoms with Gasteiger partial charge in [0.05, 0.1) is 5.57 Å². The highest BCUT2D eigenvalue weighted by Gasteiger charge is 2.06. The van der Waals surface area contributed by atoms with Crippen LogP contribution in [0.4, 0.5) is 0 Å². The molecule has 4 nitrogen and oxygen atoms in total. The van der Waals surface area contributed by atoms with E-state index in [-0.39, 0.29) is 11.5 Å². The van der Waals surface area contributed by atoms with Gasteiger partial charge < -0.3 is 14.6 Å². The molecular weight excluding hydrogens is 230 g/mol. The molecule has 0 saturated carbocycles. The number of rotatable bonds is 2. The lowest BCUT2D eigenvalue weighted by molar-refractivity contribution is 0.403. The molecule has 0 amide bonds. The highest BCUT2D eigenvalue weighted by molar-refractivity contribution is 5.88. The third-order valence-corrected chi connectivity index (χ3v) is 2.44. The molecular formula is C14H11NO3. The molecule has 0 aliphatic carbocycles. The summed E-state index contributed by atoms with van der Waals surface area (Å²) in [4.78, 5) is 0. The van der Waals surface area contributed by atoms with Crippen molar-refractivity contribution in [3.8, 4) is 17.6 Å². The van der Waals surface area contributed by atoms with Crippen molar-refractivity contribution in [3.63, 3.8) is 0 Å². The Bertz CT molecular complexity index is 647. The van der Waals surface area contributed by atoms with Gasteiger partial charge in [0, 0.05) is 0 Å². The predicted molar refractivity (Wildman–Crippen MR) is 66.7 cm³/mol. The fourth-order valence-electron chi connectivity index (χ4n) is 1.53. The Hall–Kier alpha value is -2.67. The number of furan rings is 1. The maximum absolute atomic E-state index is 9.37. The first-order valence-corrected chi connectivity index (χ1v) is 5.31. The lowest BCUT2D eigenvalue weighted by Gasteiger charge is -1.99. The SMILES string of the molecule is Cc1ccc(/C(C#N)=C/c2ccc(O)c(O)c2)o1. The monoisotopic (exact) mass is 241 g/mol. The third-order valence-electron chi connectivity index (χ3n) is 2.44. The Labute approximate surface area is 104 Å². The molecule has 0 bridgehead atoms. The van der Waals surface area contributed by atoms with Crippen LogP contribution in [0.15, 0.2) is 34.7 Å². The van der Waals surface area contributed by atoms with E-state index in [9.17, 15) is 10.2 Å². The van der Waals surface area contributed by atoms with Crippen LogP contribution < -0.4 is 0 Å². The van der Waals surface area contributed by atoms with Crippen LogP contribution in [0.2, 0.25) is 0 Å². The number of allylic oxidation sites excluding steroid dienone is 1. The summed E-state index contributed by atoms with van der Waals surface area (Å²) in [6, 6.07) is 9.86. The van der Waals surface area contributed by atoms with Crippen LogP contribution in [-0.2, 0) is 0 Å². The van der Waals surface area contributed by atoms with Gasteiger partial charge in [0.2, 0.25) is 0 Å². The van der Waals surface area contributed by atoms with Crippen LogP contribution in [0, 0.1) is 18.3 Å². The molecule has 0 unspecified atom stereocenters. The molecule has 1 aromatic carbocycles. The number of hydrogen-bond acceptors (Lipinski definition) is 4. The molecule has 0 saturated heterocycles. The number of aromatic hydroxyl groups is 2. The molecule has 1 aromatic heterocycles. The molecule has 0 aliphatic heterocycles. The molecule has 1 heterocycles. The summed E-state index contributed by atoms with van der Waals surface area (Å²) >= 11 is 0. The van der Waals surface area contributed by atoms with E-state index in [1.807, 2.05) is 6.07 Å². The van der Waals surface area contributed by atoms with Gasteiger partial charge in [0.25, 0.3) is 0 Å². The molecule has 18 heavy (non-hydrogen) atoms. The summed E-state index contributed by atoms with van der Waals surface area (Å²) in [5.41, 5.74) is 0.962. The molecule has 0 aliphatic rings. The number of hydrogen-bond donors (Lipinski definition) is 2. The Kier molecular flexibility index (Phi) is 3.07. The fourth-order valence-corrected chi connectivity index (χ4v) is 1.53. The zero-order valence-electron chi connectivity index (χ0n) is 9.71. The van der Waals surface area contributed by atoms with Crippen molar-refractivity contribution in [1.82, 2.24) is 0 Å². The highest BCUT2D eigenvalue weighted by Crippen LogP contribution is 2.27. The number of benzene rings is 1. The largest absolute Gasteiger partial charge is 0.504 e. The Morgan fingerprint density at radius 1 is 1.22 bits per heavy atom. The van der Waals surface area contributed by atoms with Gasteiger partial charge in [-0.2, -0.15) is 5.26 Å². The summed E-state index contributed by atoms with van der Waals surface area (Å²) in [7, 11) is 0. The summed E-state index contributed by atoms with van der Waals surface area (Å²) in [5, 5.41) is 27.7. The first kappa shape index (κ1) is 11.8. The van der Waals surface area contributed by atoms with Gasteiger partial charge >= 0.3 is 0 Å². The van der Waals surface area contributed by atoms with Crippen LogP contribution in [0.3, 0.4) is 0 Å². The molecule has 0 spiro atoms. The van der Waals surface area contributed by atoms with Crippen molar-refractivity contribution in [2.24, 2.45) is 0 Å². The predicted octanol–water partition coefficient (Wildman–Crippen LogP) is 3.06. The number of phenolic OH excluding ortho intramolecular Hbond substituents is 2. The quantitative estimate of drug-likeness (QED) is 0.625. The van der Waals surface area contributed by atoms with E-state index in [2.05, 4.69) is 0 Å². The van der Waals surface area contributed by atoms with Crippen molar-refractivity contribution in [3.05, 3.63) is 47.4 Å². The van der Waals surface area contributed by atoms with E-state index >= 15 is 0 Å². The minimum Gasteiger partial charge on any atom is -0.504 e. The van der Waals surface area contributed by atoms with Crippen molar-refractivity contribution in [1.29, 1.82) is 5.26 Å². The smallest absolute Gasteiger partial charge is 0.157 e. The topological polar surface area (TPSA) is 77.4 Å². The zero-order valence-corrected chi connectivity index (χ0v) is 9.71. The van der Waals surface area contributed by atoms with Crippen molar-refractivity contribution < 1.29 is 14.6 Å². The summed E-state index contributed by atoms with van der Waals surface area (Å²) in [6.45, 7) is 1.80. The molecule has 0 radical (unpaired) electrons. The standard InChI is InChI=1S/C14H11NO3/c1-9-2-5-14(18-9)11(8-15)6-10-3-4-12(16)13(17)7-10/h2-7,16-17H,1H3/b11-6+. The van der Waals surface area contributed by atoms with E-state index in [4.69, 9.17) is 9.68 Å². The second-order valence-electron chi connectivity index (χ2n) is 3.83. The minimum atomic E-state index is -0.225. The van der Waals surface area contributed by atoms with Crippen molar-refractivity contribution >= 4 is 11.6 Å². The second-order valence-corrected chi connectivity index (χ2v) is 3.83. The summed E-state index contributed by atoms with van der Waals surface area (Å²) < 4.78 is 5.36. The van der Waals surface area contributed by atoms with Gasteiger partial charge in [-0.3, -0.25) is 0 Å². The van der Waals surface area contributed by atoms with Crippen LogP contribution in [0.1, 0.15) is 17.1 Å². The highest BCUT2D eigenvalue weighted by atomic mass is 16.3. The lowest BCUT2D eigenvalue weighted by atomic mass is 10.1. The van der Waals surface area contributed by atoms with Crippen LogP contribution in [0.25, 0.3) is 11.6 Å². The maximum Gasteiger partial charge on any atom is 0.157 e. The van der Waals surface area contributed by atoms with Gasteiger partial charge in [-0.25, -0.2) is 0 Å². The van der Waals surface area contributed by atoms with Gasteiger partial charge in [-0.1, -0.05) is 6.07 Å². The van der Waals surface area contributed by atoms with E-state index in [0.29, 0.717) is 16.9 Å². The van der Waals surface area contributed by atoms with Gasteiger partial charge in [0.15, 0.2) is 11.5 Å². The van der Waals surface area contributed by atoms with Crippen LogP contribution in [-0.4, -0.2) is 10.2 Å².